The SMILES string of the molecule is C=CCOc1ccc(C(O)=C2C(=O)C(=O)N(Cc3cccnc3)[C@H]2c2ccc(C)cc2)cc1. The van der Waals surface area contributed by atoms with Crippen LogP contribution in [-0.4, -0.2) is 33.3 Å². The van der Waals surface area contributed by atoms with Crippen LogP contribution in [0, 0.1) is 6.92 Å². The summed E-state index contributed by atoms with van der Waals surface area (Å²) in [5.41, 5.74) is 3.08. The third-order valence-electron chi connectivity index (χ3n) is 5.50. The standard InChI is InChI=1S/C27H24N2O4/c1-3-15-33-22-12-10-21(11-13-22)25(30)23-24(20-8-6-18(2)7-9-20)29(27(32)26(23)31)17-19-5-4-14-28-16-19/h3-14,16,24,30H,1,15,17H2,2H3/t24-/m0/s1. The first kappa shape index (κ1) is 22.0. The van der Waals surface area contributed by atoms with E-state index in [1.165, 1.54) is 4.90 Å². The highest BCUT2D eigenvalue weighted by Gasteiger charge is 2.46. The van der Waals surface area contributed by atoms with Crippen molar-refractivity contribution in [1.29, 1.82) is 0 Å². The monoisotopic (exact) mass is 440 g/mol. The van der Waals surface area contributed by atoms with E-state index in [1.54, 1.807) is 48.8 Å². The summed E-state index contributed by atoms with van der Waals surface area (Å²) in [5, 5.41) is 11.2. The van der Waals surface area contributed by atoms with Gasteiger partial charge >= 0.3 is 0 Å². The van der Waals surface area contributed by atoms with Crippen LogP contribution in [0.4, 0.5) is 0 Å². The lowest BCUT2D eigenvalue weighted by molar-refractivity contribution is -0.140. The lowest BCUT2D eigenvalue weighted by atomic mass is 9.94. The van der Waals surface area contributed by atoms with E-state index in [4.69, 9.17) is 4.74 Å². The number of nitrogens with zero attached hydrogens (tertiary/aromatic N) is 2. The van der Waals surface area contributed by atoms with E-state index in [-0.39, 0.29) is 17.9 Å². The quantitative estimate of drug-likeness (QED) is 0.252. The lowest BCUT2D eigenvalue weighted by Gasteiger charge is -2.25. The molecule has 6 heteroatoms. The van der Waals surface area contributed by atoms with Crippen molar-refractivity contribution >= 4 is 17.4 Å². The van der Waals surface area contributed by atoms with E-state index < -0.39 is 17.7 Å². The van der Waals surface area contributed by atoms with E-state index in [9.17, 15) is 14.7 Å². The van der Waals surface area contributed by atoms with E-state index >= 15 is 0 Å². The molecule has 0 saturated carbocycles. The van der Waals surface area contributed by atoms with Gasteiger partial charge in [0.15, 0.2) is 0 Å². The summed E-state index contributed by atoms with van der Waals surface area (Å²) in [7, 11) is 0. The Kier molecular flexibility index (Phi) is 6.36. The number of ether oxygens (including phenoxy) is 1. The van der Waals surface area contributed by atoms with Crippen molar-refractivity contribution in [2.24, 2.45) is 0 Å². The van der Waals surface area contributed by atoms with Crippen LogP contribution in [0.2, 0.25) is 0 Å². The summed E-state index contributed by atoms with van der Waals surface area (Å²) < 4.78 is 5.49. The van der Waals surface area contributed by atoms with E-state index in [1.807, 2.05) is 37.3 Å². The van der Waals surface area contributed by atoms with Crippen LogP contribution in [-0.2, 0) is 16.1 Å². The average Bonchev–Trinajstić information content (AvgIpc) is 3.08. The number of aryl methyl sites for hydroxylation is 1. The Morgan fingerprint density at radius 2 is 1.85 bits per heavy atom. The number of benzene rings is 2. The summed E-state index contributed by atoms with van der Waals surface area (Å²) in [4.78, 5) is 31.8. The molecule has 3 aromatic rings. The smallest absolute Gasteiger partial charge is 0.295 e. The third-order valence-corrected chi connectivity index (χ3v) is 5.50. The second kappa shape index (κ2) is 9.53. The Morgan fingerprint density at radius 3 is 2.48 bits per heavy atom. The first-order valence-electron chi connectivity index (χ1n) is 10.6. The van der Waals surface area contributed by atoms with Gasteiger partial charge in [0.25, 0.3) is 11.7 Å². The number of Topliss-reactive ketones (excluding diaryl/α,β-unsaturated/α-hetero) is 1. The molecule has 166 valence electrons. The molecule has 1 amide bonds. The number of aliphatic hydroxyl groups is 1. The predicted octanol–water partition coefficient (Wildman–Crippen LogP) is 4.58. The van der Waals surface area contributed by atoms with Crippen molar-refractivity contribution in [2.75, 3.05) is 6.61 Å². The summed E-state index contributed by atoms with van der Waals surface area (Å²) in [6.07, 6.45) is 4.95. The van der Waals surface area contributed by atoms with Gasteiger partial charge in [0.05, 0.1) is 11.6 Å². The summed E-state index contributed by atoms with van der Waals surface area (Å²) in [6.45, 7) is 6.14. The van der Waals surface area contributed by atoms with Crippen molar-refractivity contribution in [2.45, 2.75) is 19.5 Å². The first-order valence-corrected chi connectivity index (χ1v) is 10.6. The van der Waals surface area contributed by atoms with Crippen molar-refractivity contribution in [3.8, 4) is 5.75 Å². The van der Waals surface area contributed by atoms with Gasteiger partial charge in [0, 0.05) is 24.5 Å². The number of likely N-dealkylation sites (tertiary alicyclic amines) is 1. The number of rotatable bonds is 7. The fraction of sp³-hybridized carbons (Fsp3) is 0.148. The Hall–Kier alpha value is -4.19. The van der Waals surface area contributed by atoms with Crippen LogP contribution in [0.5, 0.6) is 5.75 Å². The molecule has 1 aliphatic rings. The van der Waals surface area contributed by atoms with Gasteiger partial charge in [-0.1, -0.05) is 48.6 Å². The number of amides is 1. The molecule has 0 spiro atoms. The lowest BCUT2D eigenvalue weighted by Crippen LogP contribution is -2.29. The normalized spacial score (nSPS) is 17.2. The van der Waals surface area contributed by atoms with Crippen LogP contribution in [0.3, 0.4) is 0 Å². The molecule has 1 aliphatic heterocycles. The zero-order valence-corrected chi connectivity index (χ0v) is 18.3. The van der Waals surface area contributed by atoms with Gasteiger partial charge in [-0.15, -0.1) is 0 Å². The molecule has 1 N–H and O–H groups in total. The number of hydrogen-bond donors (Lipinski definition) is 1. The van der Waals surface area contributed by atoms with Crippen LogP contribution < -0.4 is 4.74 Å². The highest BCUT2D eigenvalue weighted by molar-refractivity contribution is 6.46. The minimum Gasteiger partial charge on any atom is -0.507 e. The second-order valence-corrected chi connectivity index (χ2v) is 7.82. The first-order chi connectivity index (χ1) is 16.0. The molecule has 1 fully saturated rings. The zero-order valence-electron chi connectivity index (χ0n) is 18.3. The molecular weight excluding hydrogens is 416 g/mol. The minimum atomic E-state index is -0.720. The van der Waals surface area contributed by atoms with E-state index in [0.717, 1.165) is 16.7 Å². The average molecular weight is 440 g/mol. The van der Waals surface area contributed by atoms with E-state index in [2.05, 4.69) is 11.6 Å². The molecule has 0 unspecified atom stereocenters. The molecule has 1 saturated heterocycles. The Bertz CT molecular complexity index is 1200. The number of aliphatic hydroxyl groups excluding tert-OH is 1. The molecular formula is C27H24N2O4. The third kappa shape index (κ3) is 4.55. The van der Waals surface area contributed by atoms with Gasteiger partial charge in [-0.05, 0) is 48.4 Å². The maximum atomic E-state index is 13.1. The van der Waals surface area contributed by atoms with E-state index in [0.29, 0.717) is 17.9 Å². The molecule has 33 heavy (non-hydrogen) atoms. The molecule has 2 heterocycles. The molecule has 1 aromatic heterocycles. The Morgan fingerprint density at radius 1 is 1.12 bits per heavy atom. The number of pyridine rings is 1. The van der Waals surface area contributed by atoms with Crippen molar-refractivity contribution < 1.29 is 19.4 Å². The van der Waals surface area contributed by atoms with Crippen LogP contribution in [0.15, 0.2) is 91.3 Å². The maximum absolute atomic E-state index is 13.1. The highest BCUT2D eigenvalue weighted by Crippen LogP contribution is 2.40. The van der Waals surface area contributed by atoms with Crippen LogP contribution in [0.1, 0.15) is 28.3 Å². The van der Waals surface area contributed by atoms with Gasteiger partial charge in [-0.3, -0.25) is 14.6 Å². The molecule has 2 aromatic carbocycles. The van der Waals surface area contributed by atoms with Gasteiger partial charge < -0.3 is 14.7 Å². The van der Waals surface area contributed by atoms with Crippen molar-refractivity contribution in [3.05, 3.63) is 114 Å². The number of aromatic nitrogens is 1. The number of carbonyl (C=O) groups excluding carboxylic acids is 2. The molecule has 0 aliphatic carbocycles. The Labute approximate surface area is 192 Å². The minimum absolute atomic E-state index is 0.0625. The Balaban J connectivity index is 1.78. The molecule has 4 rings (SSSR count). The molecule has 0 bridgehead atoms. The fourth-order valence-corrected chi connectivity index (χ4v) is 3.85. The maximum Gasteiger partial charge on any atom is 0.295 e. The van der Waals surface area contributed by atoms with Crippen molar-refractivity contribution in [1.82, 2.24) is 9.88 Å². The zero-order chi connectivity index (χ0) is 23.4. The van der Waals surface area contributed by atoms with Gasteiger partial charge in [-0.25, -0.2) is 0 Å². The molecule has 0 radical (unpaired) electrons. The van der Waals surface area contributed by atoms with Gasteiger partial charge in [0.2, 0.25) is 0 Å². The molecule has 6 nitrogen and oxygen atoms in total. The number of ketones is 1. The summed E-state index contributed by atoms with van der Waals surface area (Å²) in [6, 6.07) is 17.2. The highest BCUT2D eigenvalue weighted by atomic mass is 16.5. The number of carbonyl (C=O) groups is 2. The number of hydrogen-bond acceptors (Lipinski definition) is 5. The largest absolute Gasteiger partial charge is 0.507 e. The molecule has 1 atom stereocenters. The van der Waals surface area contributed by atoms with Gasteiger partial charge in [-0.2, -0.15) is 0 Å². The fourth-order valence-electron chi connectivity index (χ4n) is 3.85. The van der Waals surface area contributed by atoms with Gasteiger partial charge in [0.1, 0.15) is 18.1 Å². The summed E-state index contributed by atoms with van der Waals surface area (Å²) in [5.74, 6) is -0.979. The van der Waals surface area contributed by atoms with Crippen LogP contribution in [0.25, 0.3) is 5.76 Å². The van der Waals surface area contributed by atoms with Crippen molar-refractivity contribution in [3.63, 3.8) is 0 Å². The van der Waals surface area contributed by atoms with Crippen LogP contribution >= 0.6 is 0 Å². The topological polar surface area (TPSA) is 79.7 Å². The predicted molar refractivity (Wildman–Crippen MR) is 125 cm³/mol. The second-order valence-electron chi connectivity index (χ2n) is 7.82. The summed E-state index contributed by atoms with van der Waals surface area (Å²) >= 11 is 0.